The molecular weight excluding hydrogens is 139 g/mol. The van der Waals surface area contributed by atoms with Crippen molar-refractivity contribution >= 4 is 0 Å². The van der Waals surface area contributed by atoms with Gasteiger partial charge in [-0.05, 0) is 0 Å². The zero-order valence-electron chi connectivity index (χ0n) is 5.66. The highest BCUT2D eigenvalue weighted by Gasteiger charge is 2.37. The van der Waals surface area contributed by atoms with E-state index in [1.165, 1.54) is 7.11 Å². The van der Waals surface area contributed by atoms with Crippen LogP contribution in [0.25, 0.3) is 0 Å². The van der Waals surface area contributed by atoms with E-state index in [2.05, 4.69) is 0 Å². The lowest BCUT2D eigenvalue weighted by Crippen LogP contribution is -2.31. The van der Waals surface area contributed by atoms with Gasteiger partial charge < -0.3 is 14.6 Å². The number of rotatable bonds is 2. The highest BCUT2D eigenvalue weighted by molar-refractivity contribution is 4.90. The van der Waals surface area contributed by atoms with Crippen LogP contribution in [0.1, 0.15) is 0 Å². The van der Waals surface area contributed by atoms with Gasteiger partial charge in [-0.1, -0.05) is 0 Å². The highest BCUT2D eigenvalue weighted by Crippen LogP contribution is 2.22. The fourth-order valence-electron chi connectivity index (χ4n) is 0.965. The average molecular weight is 149 g/mol. The Labute approximate surface area is 58.7 Å². The fourth-order valence-corrected chi connectivity index (χ4v) is 0.965. The first-order valence-electron chi connectivity index (χ1n) is 3.06. The van der Waals surface area contributed by atoms with E-state index in [-0.39, 0.29) is 6.61 Å². The first kappa shape index (κ1) is 7.91. The normalized spacial score (nSPS) is 40.5. The third-order valence-electron chi connectivity index (χ3n) is 1.52. The van der Waals surface area contributed by atoms with Crippen molar-refractivity contribution in [1.82, 2.24) is 0 Å². The maximum Gasteiger partial charge on any atom is 0.157 e. The molecule has 0 aliphatic carbocycles. The number of hydrogen-bond donors (Lipinski definition) is 1. The maximum absolute atomic E-state index is 12.6. The molecule has 1 saturated heterocycles. The number of ether oxygens (including phenoxy) is 2. The summed E-state index contributed by atoms with van der Waals surface area (Å²) in [5.41, 5.74) is 0. The third-order valence-corrected chi connectivity index (χ3v) is 1.52. The molecular formula is C6H10FO3. The second-order valence-corrected chi connectivity index (χ2v) is 2.14. The topological polar surface area (TPSA) is 38.7 Å². The van der Waals surface area contributed by atoms with Crippen molar-refractivity contribution in [2.45, 2.75) is 18.4 Å². The molecule has 1 aliphatic rings. The number of hydrogen-bond acceptors (Lipinski definition) is 3. The number of aliphatic hydroxyl groups excluding tert-OH is 1. The second kappa shape index (κ2) is 3.27. The smallest absolute Gasteiger partial charge is 0.157 e. The van der Waals surface area contributed by atoms with Crippen LogP contribution in [0, 0.1) is 6.61 Å². The van der Waals surface area contributed by atoms with Crippen LogP contribution in [-0.4, -0.2) is 37.2 Å². The van der Waals surface area contributed by atoms with Gasteiger partial charge in [0.15, 0.2) is 6.17 Å². The lowest BCUT2D eigenvalue weighted by Gasteiger charge is -2.14. The van der Waals surface area contributed by atoms with E-state index < -0.39 is 18.4 Å². The molecule has 59 valence electrons. The van der Waals surface area contributed by atoms with Crippen molar-refractivity contribution in [3.8, 4) is 0 Å². The number of alkyl halides is 1. The van der Waals surface area contributed by atoms with Gasteiger partial charge in [-0.25, -0.2) is 4.39 Å². The molecule has 1 heterocycles. The first-order chi connectivity index (χ1) is 4.79. The van der Waals surface area contributed by atoms with Crippen LogP contribution in [0.3, 0.4) is 0 Å². The average Bonchev–Trinajstić information content (AvgIpc) is 2.30. The van der Waals surface area contributed by atoms with Gasteiger partial charge in [0.1, 0.15) is 18.8 Å². The molecule has 0 aromatic heterocycles. The van der Waals surface area contributed by atoms with Crippen molar-refractivity contribution in [2.75, 3.05) is 13.7 Å². The molecule has 4 heteroatoms. The molecule has 0 spiro atoms. The molecule has 1 radical (unpaired) electrons. The Balaban J connectivity index is 2.45. The second-order valence-electron chi connectivity index (χ2n) is 2.14. The van der Waals surface area contributed by atoms with Crippen molar-refractivity contribution in [3.63, 3.8) is 0 Å². The summed E-state index contributed by atoms with van der Waals surface area (Å²) in [6.07, 6.45) is -2.41. The Morgan fingerprint density at radius 3 is 2.90 bits per heavy atom. The molecule has 0 saturated carbocycles. The summed E-state index contributed by atoms with van der Waals surface area (Å²) in [6.45, 7) is 0.838. The minimum atomic E-state index is -1.22. The number of aliphatic hydroxyl groups is 1. The van der Waals surface area contributed by atoms with Gasteiger partial charge in [0.2, 0.25) is 0 Å². The third kappa shape index (κ3) is 1.28. The molecule has 3 atom stereocenters. The monoisotopic (exact) mass is 149 g/mol. The van der Waals surface area contributed by atoms with E-state index in [0.717, 1.165) is 6.61 Å². The summed E-state index contributed by atoms with van der Waals surface area (Å²) in [5, 5.41) is 8.59. The van der Waals surface area contributed by atoms with E-state index in [1.54, 1.807) is 0 Å². The molecule has 3 nitrogen and oxygen atoms in total. The molecule has 0 unspecified atom stereocenters. The molecule has 10 heavy (non-hydrogen) atoms. The van der Waals surface area contributed by atoms with E-state index in [1.807, 2.05) is 0 Å². The SMILES string of the molecule is CO[C@H]1[C@@H](F)[CH]O[C@@H]1CO. The molecule has 1 fully saturated rings. The van der Waals surface area contributed by atoms with Crippen molar-refractivity contribution in [3.05, 3.63) is 6.61 Å². The van der Waals surface area contributed by atoms with Gasteiger partial charge in [0, 0.05) is 7.11 Å². The van der Waals surface area contributed by atoms with Crippen molar-refractivity contribution in [1.29, 1.82) is 0 Å². The summed E-state index contributed by atoms with van der Waals surface area (Å²) < 4.78 is 22.1. The van der Waals surface area contributed by atoms with Gasteiger partial charge in [-0.3, -0.25) is 0 Å². The lowest BCUT2D eigenvalue weighted by atomic mass is 10.2. The molecule has 1 rings (SSSR count). The van der Waals surface area contributed by atoms with Crippen molar-refractivity contribution < 1.29 is 19.0 Å². The first-order valence-corrected chi connectivity index (χ1v) is 3.06. The van der Waals surface area contributed by atoms with Crippen LogP contribution in [0.2, 0.25) is 0 Å². The van der Waals surface area contributed by atoms with Gasteiger partial charge in [0.25, 0.3) is 0 Å². The number of methoxy groups -OCH3 is 1. The van der Waals surface area contributed by atoms with Crippen LogP contribution < -0.4 is 0 Å². The van der Waals surface area contributed by atoms with Crippen molar-refractivity contribution in [2.24, 2.45) is 0 Å². The predicted octanol–water partition coefficient (Wildman–Crippen LogP) is -0.108. The Kier molecular flexibility index (Phi) is 2.59. The summed E-state index contributed by atoms with van der Waals surface area (Å²) >= 11 is 0. The van der Waals surface area contributed by atoms with Crippen LogP contribution >= 0.6 is 0 Å². The Hall–Kier alpha value is -0.190. The number of halogens is 1. The fraction of sp³-hybridized carbons (Fsp3) is 0.833. The maximum atomic E-state index is 12.6. The molecule has 1 N–H and O–H groups in total. The van der Waals surface area contributed by atoms with Gasteiger partial charge >= 0.3 is 0 Å². The quantitative estimate of drug-likeness (QED) is 0.595. The highest BCUT2D eigenvalue weighted by atomic mass is 19.1. The summed E-state index contributed by atoms with van der Waals surface area (Å²) in [4.78, 5) is 0. The predicted molar refractivity (Wildman–Crippen MR) is 32.0 cm³/mol. The summed E-state index contributed by atoms with van der Waals surface area (Å²) in [5.74, 6) is 0. The van der Waals surface area contributed by atoms with E-state index in [0.29, 0.717) is 0 Å². The summed E-state index contributed by atoms with van der Waals surface area (Å²) in [7, 11) is 1.39. The zero-order chi connectivity index (χ0) is 7.56. The minimum Gasteiger partial charge on any atom is -0.394 e. The van der Waals surface area contributed by atoms with Gasteiger partial charge in [-0.2, -0.15) is 0 Å². The van der Waals surface area contributed by atoms with Crippen LogP contribution in [0.5, 0.6) is 0 Å². The van der Waals surface area contributed by atoms with E-state index in [4.69, 9.17) is 14.6 Å². The zero-order valence-corrected chi connectivity index (χ0v) is 5.66. The standard InChI is InChI=1S/C6H10FO3/c1-9-6-4(7)3-10-5(6)2-8/h3-6,8H,2H2,1H3/t4-,5+,6-/m0/s1. The molecule has 0 aromatic rings. The molecule has 1 aliphatic heterocycles. The van der Waals surface area contributed by atoms with Crippen LogP contribution in [-0.2, 0) is 9.47 Å². The van der Waals surface area contributed by atoms with Gasteiger partial charge in [-0.15, -0.1) is 0 Å². The molecule has 0 aromatic carbocycles. The van der Waals surface area contributed by atoms with Gasteiger partial charge in [0.05, 0.1) is 6.61 Å². The minimum absolute atomic E-state index is 0.213. The molecule has 0 amide bonds. The Morgan fingerprint density at radius 2 is 2.50 bits per heavy atom. The molecule has 0 bridgehead atoms. The lowest BCUT2D eigenvalue weighted by molar-refractivity contribution is -0.0174. The van der Waals surface area contributed by atoms with Crippen LogP contribution in [0.4, 0.5) is 4.39 Å². The Bertz CT molecular complexity index is 109. The Morgan fingerprint density at radius 1 is 1.80 bits per heavy atom. The van der Waals surface area contributed by atoms with E-state index in [9.17, 15) is 4.39 Å². The largest absolute Gasteiger partial charge is 0.394 e. The van der Waals surface area contributed by atoms with Crippen LogP contribution in [0.15, 0.2) is 0 Å². The van der Waals surface area contributed by atoms with E-state index >= 15 is 0 Å². The summed E-state index contributed by atoms with van der Waals surface area (Å²) in [6, 6.07) is 0.